The fourth-order valence-corrected chi connectivity index (χ4v) is 0.534. The van der Waals surface area contributed by atoms with Crippen LogP contribution in [0.25, 0.3) is 0 Å². The summed E-state index contributed by atoms with van der Waals surface area (Å²) in [7, 11) is 0. The van der Waals surface area contributed by atoms with E-state index in [-0.39, 0.29) is 0 Å². The van der Waals surface area contributed by atoms with Gasteiger partial charge in [0.05, 0.1) is 0 Å². The third-order valence-electron chi connectivity index (χ3n) is 0.940. The molecule has 1 aromatic carbocycles. The van der Waals surface area contributed by atoms with Gasteiger partial charge in [0.25, 0.3) is 0 Å². The van der Waals surface area contributed by atoms with Crippen molar-refractivity contribution in [1.29, 1.82) is 0 Å². The van der Waals surface area contributed by atoms with Gasteiger partial charge in [-0.3, -0.25) is 0 Å². The molecule has 0 aliphatic rings. The summed E-state index contributed by atoms with van der Waals surface area (Å²) >= 11 is -0.931. The van der Waals surface area contributed by atoms with Crippen molar-refractivity contribution in [2.24, 2.45) is 0 Å². The monoisotopic (exact) mass is 202 g/mol. The van der Waals surface area contributed by atoms with Crippen LogP contribution in [0, 0.1) is 6.92 Å². The Morgan fingerprint density at radius 3 is 1.70 bits per heavy atom. The van der Waals surface area contributed by atoms with Crippen molar-refractivity contribution in [2.45, 2.75) is 6.92 Å². The maximum absolute atomic E-state index is 4.95. The van der Waals surface area contributed by atoms with E-state index in [1.807, 2.05) is 18.2 Å². The summed E-state index contributed by atoms with van der Waals surface area (Å²) in [4.78, 5) is 0. The first-order valence-corrected chi connectivity index (χ1v) is 9.02. The molecular formula is C7H8CaCl2. The molecule has 0 spiro atoms. The van der Waals surface area contributed by atoms with Gasteiger partial charge in [0.2, 0.25) is 0 Å². The molecule has 0 fully saturated rings. The molecule has 0 amide bonds. The fourth-order valence-electron chi connectivity index (χ4n) is 0.534. The molecular weight excluding hydrogens is 195 g/mol. The van der Waals surface area contributed by atoms with E-state index in [4.69, 9.17) is 12.8 Å². The molecule has 0 saturated carbocycles. The van der Waals surface area contributed by atoms with Crippen LogP contribution >= 0.6 is 12.8 Å². The van der Waals surface area contributed by atoms with Crippen LogP contribution in [0.15, 0.2) is 30.3 Å². The van der Waals surface area contributed by atoms with Gasteiger partial charge in [0, 0.05) is 0 Å². The third kappa shape index (κ3) is 7.17. The van der Waals surface area contributed by atoms with Gasteiger partial charge in [0.15, 0.2) is 0 Å². The number of halogens is 2. The summed E-state index contributed by atoms with van der Waals surface area (Å²) in [6.45, 7) is 2.08. The van der Waals surface area contributed by atoms with Crippen LogP contribution in [0.1, 0.15) is 5.56 Å². The molecule has 3 heteroatoms. The molecule has 0 radical (unpaired) electrons. The first-order chi connectivity index (χ1) is 4.81. The first-order valence-electron chi connectivity index (χ1n) is 2.95. The minimum atomic E-state index is -0.931. The van der Waals surface area contributed by atoms with Crippen LogP contribution in [0.5, 0.6) is 0 Å². The molecule has 0 aromatic heterocycles. The van der Waals surface area contributed by atoms with E-state index in [1.165, 1.54) is 5.56 Å². The van der Waals surface area contributed by atoms with Gasteiger partial charge in [-0.1, -0.05) is 35.9 Å². The molecule has 0 aliphatic carbocycles. The summed E-state index contributed by atoms with van der Waals surface area (Å²) < 4.78 is 0. The van der Waals surface area contributed by atoms with Gasteiger partial charge in [0.1, 0.15) is 0 Å². The number of hydrogen-bond donors (Lipinski definition) is 0. The van der Waals surface area contributed by atoms with Crippen LogP contribution < -0.4 is 0 Å². The van der Waals surface area contributed by atoms with Gasteiger partial charge in [-0.15, -0.1) is 0 Å². The molecule has 0 bridgehead atoms. The Labute approximate surface area is 85.3 Å². The molecule has 52 valence electrons. The predicted octanol–water partition coefficient (Wildman–Crippen LogP) is 2.99. The molecule has 1 rings (SSSR count). The second-order valence-electron chi connectivity index (χ2n) is 1.76. The van der Waals surface area contributed by atoms with Crippen LogP contribution in [-0.4, -0.2) is 30.8 Å². The first kappa shape index (κ1) is 11.1. The number of hydrogen-bond acceptors (Lipinski definition) is 0. The molecule has 0 heterocycles. The molecule has 10 heavy (non-hydrogen) atoms. The molecule has 0 saturated heterocycles. The van der Waals surface area contributed by atoms with Crippen molar-refractivity contribution in [3.05, 3.63) is 35.9 Å². The Morgan fingerprint density at radius 1 is 1.10 bits per heavy atom. The van der Waals surface area contributed by atoms with Crippen LogP contribution in [0.4, 0.5) is 0 Å². The molecule has 0 atom stereocenters. The number of aryl methyl sites for hydroxylation is 1. The zero-order valence-electron chi connectivity index (χ0n) is 5.85. The van der Waals surface area contributed by atoms with Crippen molar-refractivity contribution in [1.82, 2.24) is 0 Å². The van der Waals surface area contributed by atoms with Crippen molar-refractivity contribution < 1.29 is 0 Å². The fraction of sp³-hybridized carbons (Fsp3) is 0.143. The van der Waals surface area contributed by atoms with E-state index in [2.05, 4.69) is 19.1 Å². The van der Waals surface area contributed by atoms with Crippen molar-refractivity contribution in [3.8, 4) is 0 Å². The summed E-state index contributed by atoms with van der Waals surface area (Å²) in [5, 5.41) is 0. The van der Waals surface area contributed by atoms with Crippen LogP contribution in [0.2, 0.25) is 0 Å². The molecule has 0 unspecified atom stereocenters. The summed E-state index contributed by atoms with van der Waals surface area (Å²) in [6.07, 6.45) is 9.90. The van der Waals surface area contributed by atoms with Gasteiger partial charge >= 0.3 is 43.6 Å². The summed E-state index contributed by atoms with van der Waals surface area (Å²) in [5.74, 6) is 0. The average Bonchev–Trinajstić information content (AvgIpc) is 1.91. The Bertz CT molecular complexity index is 153. The van der Waals surface area contributed by atoms with E-state index in [0.29, 0.717) is 0 Å². The van der Waals surface area contributed by atoms with E-state index in [1.54, 1.807) is 0 Å². The normalized spacial score (nSPS) is 7.10. The predicted molar refractivity (Wildman–Crippen MR) is 48.6 cm³/mol. The molecule has 1 aromatic rings. The van der Waals surface area contributed by atoms with E-state index in [0.717, 1.165) is 0 Å². The quantitative estimate of drug-likeness (QED) is 0.568. The van der Waals surface area contributed by atoms with Crippen molar-refractivity contribution >= 4 is 43.6 Å². The topological polar surface area (TPSA) is 0 Å². The second kappa shape index (κ2) is 8.16. The van der Waals surface area contributed by atoms with Gasteiger partial charge in [-0.05, 0) is 6.92 Å². The number of benzene rings is 1. The van der Waals surface area contributed by atoms with Crippen LogP contribution in [0.3, 0.4) is 0 Å². The van der Waals surface area contributed by atoms with Gasteiger partial charge in [-0.25, -0.2) is 0 Å². The summed E-state index contributed by atoms with van der Waals surface area (Å²) in [6, 6.07) is 10.3. The molecule has 0 N–H and O–H groups in total. The van der Waals surface area contributed by atoms with Gasteiger partial charge < -0.3 is 0 Å². The molecule has 0 aliphatic heterocycles. The van der Waals surface area contributed by atoms with Gasteiger partial charge in [-0.2, -0.15) is 0 Å². The molecule has 0 nitrogen and oxygen atoms in total. The summed E-state index contributed by atoms with van der Waals surface area (Å²) in [5.41, 5.74) is 1.32. The Hall–Kier alpha value is 1.06. The van der Waals surface area contributed by atoms with E-state index in [9.17, 15) is 0 Å². The standard InChI is InChI=1S/C7H8.Ca.2ClH/c1-7-5-3-2-4-6-7;;;/h2-6H,1H3;;2*1H/q;+2;;/p-2. The van der Waals surface area contributed by atoms with Crippen LogP contribution in [-0.2, 0) is 0 Å². The Morgan fingerprint density at radius 2 is 1.50 bits per heavy atom. The zero-order chi connectivity index (χ0) is 7.82. The Kier molecular flexibility index (Phi) is 9.02. The number of rotatable bonds is 0. The zero-order valence-corrected chi connectivity index (χ0v) is 9.57. The average molecular weight is 203 g/mol. The Balaban J connectivity index is 0.000000236. The second-order valence-corrected chi connectivity index (χ2v) is 5.40. The van der Waals surface area contributed by atoms with E-state index < -0.39 is 30.8 Å². The van der Waals surface area contributed by atoms with Crippen molar-refractivity contribution in [3.63, 3.8) is 0 Å². The van der Waals surface area contributed by atoms with Crippen molar-refractivity contribution in [2.75, 3.05) is 0 Å². The SMILES string of the molecule is Cc1ccccc1.[Cl][Ca][Cl]. The third-order valence-corrected chi connectivity index (χ3v) is 0.940. The maximum atomic E-state index is 4.95. The van der Waals surface area contributed by atoms with E-state index >= 15 is 0 Å². The minimum absolute atomic E-state index is 0.931.